The van der Waals surface area contributed by atoms with Crippen LogP contribution in [-0.2, 0) is 4.79 Å². The zero-order valence-corrected chi connectivity index (χ0v) is 19.0. The lowest BCUT2D eigenvalue weighted by Crippen LogP contribution is -2.29. The molecule has 7 rings (SSSR count). The van der Waals surface area contributed by atoms with E-state index in [4.69, 9.17) is 4.74 Å². The smallest absolute Gasteiger partial charge is 0.228 e. The number of nitrogens with zero attached hydrogens (tertiary/aromatic N) is 2. The molecule has 2 heterocycles. The van der Waals surface area contributed by atoms with Gasteiger partial charge in [0.25, 0.3) is 0 Å². The Balaban J connectivity index is 1.01. The molecule has 0 saturated heterocycles. The topological polar surface area (TPSA) is 64.1 Å². The second-order valence-corrected chi connectivity index (χ2v) is 10.7. The Bertz CT molecular complexity index is 1240. The second-order valence-electron chi connectivity index (χ2n) is 10.7. The Kier molecular flexibility index (Phi) is 4.64. The first-order valence-corrected chi connectivity index (χ1v) is 12.6. The van der Waals surface area contributed by atoms with Crippen molar-refractivity contribution in [1.29, 1.82) is 0 Å². The fraction of sp³-hybridized carbons (Fsp3) is 0.464. The van der Waals surface area contributed by atoms with Gasteiger partial charge in [-0.05, 0) is 98.6 Å². The van der Waals surface area contributed by atoms with Gasteiger partial charge in [0.1, 0.15) is 11.6 Å². The number of hydrogen-bond acceptors (Lipinski definition) is 4. The Hall–Kier alpha value is -3.02. The van der Waals surface area contributed by atoms with Crippen molar-refractivity contribution in [3.63, 3.8) is 0 Å². The summed E-state index contributed by atoms with van der Waals surface area (Å²) >= 11 is 0. The lowest BCUT2D eigenvalue weighted by Gasteiger charge is -2.22. The molecule has 174 valence electrons. The normalized spacial score (nSPS) is 28.4. The van der Waals surface area contributed by atoms with E-state index in [0.717, 1.165) is 48.0 Å². The van der Waals surface area contributed by atoms with Crippen molar-refractivity contribution in [1.82, 2.24) is 9.97 Å². The maximum absolute atomic E-state index is 13.8. The summed E-state index contributed by atoms with van der Waals surface area (Å²) in [6, 6.07) is 10.5. The van der Waals surface area contributed by atoms with Crippen LogP contribution in [0.3, 0.4) is 0 Å². The molecule has 1 N–H and O–H groups in total. The molecule has 0 aliphatic heterocycles. The molecule has 4 aliphatic carbocycles. The molecule has 1 aromatic carbocycles. The van der Waals surface area contributed by atoms with Gasteiger partial charge in [0.2, 0.25) is 5.91 Å². The Labute approximate surface area is 198 Å². The number of carbonyl (C=O) groups excluding carboxylic acids is 1. The van der Waals surface area contributed by atoms with Crippen molar-refractivity contribution in [2.24, 2.45) is 29.6 Å². The number of halogens is 1. The van der Waals surface area contributed by atoms with Gasteiger partial charge < -0.3 is 10.1 Å². The van der Waals surface area contributed by atoms with Crippen molar-refractivity contribution in [3.05, 3.63) is 60.3 Å². The predicted octanol–water partition coefficient (Wildman–Crippen LogP) is 5.71. The summed E-state index contributed by atoms with van der Waals surface area (Å²) in [7, 11) is 0. The third-order valence-corrected chi connectivity index (χ3v) is 8.32. The lowest BCUT2D eigenvalue weighted by atomic mass is 9.91. The molecule has 6 heteroatoms. The van der Waals surface area contributed by atoms with Gasteiger partial charge in [-0.15, -0.1) is 0 Å². The molecule has 1 unspecified atom stereocenters. The number of anilines is 1. The molecule has 4 fully saturated rings. The minimum absolute atomic E-state index is 0.0925. The molecule has 5 atom stereocenters. The first kappa shape index (κ1) is 20.4. The summed E-state index contributed by atoms with van der Waals surface area (Å²) in [4.78, 5) is 22.1. The zero-order valence-electron chi connectivity index (χ0n) is 19.0. The van der Waals surface area contributed by atoms with Crippen LogP contribution in [0.1, 0.15) is 50.1 Å². The zero-order chi connectivity index (χ0) is 22.8. The number of amides is 1. The van der Waals surface area contributed by atoms with Crippen LogP contribution in [0.4, 0.5) is 10.1 Å². The molecule has 2 aromatic heterocycles. The number of pyridine rings is 2. The highest BCUT2D eigenvalue weighted by Crippen LogP contribution is 2.64. The molecule has 4 aliphatic rings. The molecule has 5 nitrogen and oxygen atoms in total. The highest BCUT2D eigenvalue weighted by molar-refractivity contribution is 5.93. The maximum Gasteiger partial charge on any atom is 0.228 e. The number of nitrogens with one attached hydrogen (secondary N) is 1. The van der Waals surface area contributed by atoms with Crippen LogP contribution in [0.2, 0.25) is 0 Å². The first-order chi connectivity index (χ1) is 16.6. The van der Waals surface area contributed by atoms with Gasteiger partial charge in [0, 0.05) is 29.1 Å². The van der Waals surface area contributed by atoms with E-state index < -0.39 is 0 Å². The summed E-state index contributed by atoms with van der Waals surface area (Å²) < 4.78 is 20.1. The largest absolute Gasteiger partial charge is 0.490 e. The van der Waals surface area contributed by atoms with Crippen molar-refractivity contribution in [3.8, 4) is 5.75 Å². The monoisotopic (exact) mass is 457 g/mol. The van der Waals surface area contributed by atoms with E-state index in [9.17, 15) is 9.18 Å². The van der Waals surface area contributed by atoms with Gasteiger partial charge in [-0.2, -0.15) is 0 Å². The van der Waals surface area contributed by atoms with Crippen LogP contribution in [0, 0.1) is 35.4 Å². The number of benzene rings is 1. The van der Waals surface area contributed by atoms with Crippen molar-refractivity contribution in [2.45, 2.75) is 50.5 Å². The molecule has 34 heavy (non-hydrogen) atoms. The molecule has 0 spiro atoms. The van der Waals surface area contributed by atoms with Crippen LogP contribution < -0.4 is 10.1 Å². The minimum Gasteiger partial charge on any atom is -0.490 e. The van der Waals surface area contributed by atoms with Crippen LogP contribution >= 0.6 is 0 Å². The Morgan fingerprint density at radius 3 is 2.56 bits per heavy atom. The molecule has 4 saturated carbocycles. The molecular weight excluding hydrogens is 429 g/mol. The van der Waals surface area contributed by atoms with Gasteiger partial charge in [-0.1, -0.05) is 0 Å². The summed E-state index contributed by atoms with van der Waals surface area (Å²) in [6.45, 7) is 0. The van der Waals surface area contributed by atoms with Crippen LogP contribution in [0.25, 0.3) is 10.9 Å². The van der Waals surface area contributed by atoms with E-state index in [1.165, 1.54) is 25.0 Å². The minimum atomic E-state index is -0.282. The van der Waals surface area contributed by atoms with Gasteiger partial charge >= 0.3 is 0 Å². The predicted molar refractivity (Wildman–Crippen MR) is 127 cm³/mol. The molecule has 0 radical (unpaired) electrons. The summed E-state index contributed by atoms with van der Waals surface area (Å²) in [5, 5.41) is 3.88. The summed E-state index contributed by atoms with van der Waals surface area (Å²) in [5.41, 5.74) is 2.69. The second kappa shape index (κ2) is 7.76. The summed E-state index contributed by atoms with van der Waals surface area (Å²) in [6.07, 6.45) is 10.3. The van der Waals surface area contributed by atoms with Crippen LogP contribution in [0.5, 0.6) is 5.75 Å². The van der Waals surface area contributed by atoms with E-state index >= 15 is 0 Å². The van der Waals surface area contributed by atoms with E-state index in [-0.39, 0.29) is 23.7 Å². The fourth-order valence-electron chi connectivity index (χ4n) is 6.33. The highest BCUT2D eigenvalue weighted by Gasteiger charge is 2.63. The van der Waals surface area contributed by atoms with Gasteiger partial charge in [-0.25, -0.2) is 4.39 Å². The quantitative estimate of drug-likeness (QED) is 0.493. The standard InChI is InChI=1S/C28H28FN3O2/c29-17-5-7-24-22(11-17)25(9-10-30-24)34-19-12-20-21(13-19)27(20)26(16-3-4-16)28(33)32-18-6-8-23(31-14-18)15-1-2-15/h5-11,14-16,19-21,26-27H,1-4,12-13H2,(H,32,33)/t19-,20+,21-,26?,27-. The first-order valence-electron chi connectivity index (χ1n) is 12.6. The number of aromatic nitrogens is 2. The Morgan fingerprint density at radius 1 is 1.03 bits per heavy atom. The SMILES string of the molecule is O=C(Nc1ccc(C2CC2)nc1)C(C1CC1)[C@H]1[C@@H]2C[C@H](Oc3ccnc4ccc(F)cc34)C[C@@H]21. The number of carbonyl (C=O) groups is 1. The summed E-state index contributed by atoms with van der Waals surface area (Å²) in [5.74, 6) is 3.35. The lowest BCUT2D eigenvalue weighted by molar-refractivity contribution is -0.121. The van der Waals surface area contributed by atoms with Crippen molar-refractivity contribution in [2.75, 3.05) is 5.32 Å². The van der Waals surface area contributed by atoms with E-state index in [1.54, 1.807) is 12.3 Å². The van der Waals surface area contributed by atoms with Gasteiger partial charge in [0.15, 0.2) is 0 Å². The highest BCUT2D eigenvalue weighted by atomic mass is 19.1. The number of fused-ring (bicyclic) bond motifs is 2. The number of rotatable bonds is 7. The van der Waals surface area contributed by atoms with Crippen molar-refractivity contribution >= 4 is 22.5 Å². The average Bonchev–Trinajstić information content (AvgIpc) is 3.74. The average molecular weight is 458 g/mol. The van der Waals surface area contributed by atoms with E-state index in [0.29, 0.717) is 35.3 Å². The van der Waals surface area contributed by atoms with Gasteiger partial charge in [-0.3, -0.25) is 14.8 Å². The van der Waals surface area contributed by atoms with Crippen LogP contribution in [-0.4, -0.2) is 22.0 Å². The molecule has 1 amide bonds. The van der Waals surface area contributed by atoms with Gasteiger partial charge in [0.05, 0.1) is 23.5 Å². The van der Waals surface area contributed by atoms with Crippen molar-refractivity contribution < 1.29 is 13.9 Å². The number of hydrogen-bond donors (Lipinski definition) is 1. The Morgan fingerprint density at radius 2 is 1.85 bits per heavy atom. The third-order valence-electron chi connectivity index (χ3n) is 8.32. The van der Waals surface area contributed by atoms with Crippen LogP contribution in [0.15, 0.2) is 48.8 Å². The number of ether oxygens (including phenoxy) is 1. The van der Waals surface area contributed by atoms with E-state index in [2.05, 4.69) is 21.4 Å². The molecular formula is C28H28FN3O2. The molecule has 3 aromatic rings. The fourth-order valence-corrected chi connectivity index (χ4v) is 6.33. The molecule has 0 bridgehead atoms. The third kappa shape index (κ3) is 3.73. The van der Waals surface area contributed by atoms with E-state index in [1.807, 2.05) is 18.3 Å². The maximum atomic E-state index is 13.8.